The summed E-state index contributed by atoms with van der Waals surface area (Å²) >= 11 is 0. The first kappa shape index (κ1) is 17.7. The van der Waals surface area contributed by atoms with Crippen LogP contribution in [0, 0.1) is 12.7 Å². The zero-order valence-electron chi connectivity index (χ0n) is 16.0. The number of H-pyrrole nitrogens is 1. The molecule has 0 saturated carbocycles. The molecule has 0 atom stereocenters. The Morgan fingerprint density at radius 3 is 2.86 bits per heavy atom. The average Bonchev–Trinajstić information content (AvgIpc) is 3.34. The van der Waals surface area contributed by atoms with Gasteiger partial charge < -0.3 is 24.9 Å². The van der Waals surface area contributed by atoms with Gasteiger partial charge in [-0.1, -0.05) is 0 Å². The Labute approximate surface area is 166 Å². The summed E-state index contributed by atoms with van der Waals surface area (Å²) in [7, 11) is 0. The first-order chi connectivity index (χ1) is 14.1. The lowest BCUT2D eigenvalue weighted by Crippen LogP contribution is -2.43. The Morgan fingerprint density at radius 1 is 1.21 bits per heavy atom. The molecule has 1 aliphatic heterocycles. The van der Waals surface area contributed by atoms with Crippen molar-refractivity contribution >= 4 is 33.8 Å². The molecule has 1 fully saturated rings. The summed E-state index contributed by atoms with van der Waals surface area (Å²) < 4.78 is 15.9. The van der Waals surface area contributed by atoms with Crippen molar-refractivity contribution in [3.63, 3.8) is 0 Å². The second-order valence-electron chi connectivity index (χ2n) is 7.28. The molecule has 1 saturated heterocycles. The third-order valence-electron chi connectivity index (χ3n) is 5.29. The Kier molecular flexibility index (Phi) is 4.21. The van der Waals surface area contributed by atoms with E-state index >= 15 is 0 Å². The molecule has 4 aromatic rings. The maximum Gasteiger partial charge on any atom is 0.257 e. The number of aromatic amines is 1. The smallest absolute Gasteiger partial charge is 0.257 e. The molecule has 0 spiro atoms. The van der Waals surface area contributed by atoms with Crippen LogP contribution < -0.4 is 15.5 Å². The maximum absolute atomic E-state index is 14.3. The fourth-order valence-corrected chi connectivity index (χ4v) is 3.96. The number of nitrogens with one attached hydrogen (secondary N) is 3. The molecule has 1 aliphatic rings. The molecule has 0 unspecified atom stereocenters. The second-order valence-corrected chi connectivity index (χ2v) is 7.28. The average molecular weight is 392 g/mol. The van der Waals surface area contributed by atoms with Gasteiger partial charge in [0.25, 0.3) is 5.91 Å². The van der Waals surface area contributed by atoms with Gasteiger partial charge in [-0.25, -0.2) is 9.37 Å². The lowest BCUT2D eigenvalue weighted by atomic mass is 10.1. The molecule has 3 N–H and O–H groups in total. The number of imidazole rings is 1. The molecule has 1 amide bonds. The summed E-state index contributed by atoms with van der Waals surface area (Å²) in [6.45, 7) is 5.53. The lowest BCUT2D eigenvalue weighted by molar-refractivity contribution is 0.102. The molecule has 3 aromatic heterocycles. The van der Waals surface area contributed by atoms with Gasteiger partial charge in [-0.15, -0.1) is 0 Å². The monoisotopic (exact) mass is 392 g/mol. The Bertz CT molecular complexity index is 1220. The van der Waals surface area contributed by atoms with E-state index in [1.54, 1.807) is 23.7 Å². The van der Waals surface area contributed by atoms with Gasteiger partial charge in [0.1, 0.15) is 0 Å². The highest BCUT2D eigenvalue weighted by Gasteiger charge is 2.19. The summed E-state index contributed by atoms with van der Waals surface area (Å²) in [5, 5.41) is 7.17. The number of rotatable bonds is 3. The molecule has 1 aromatic carbocycles. The Balaban J connectivity index is 1.48. The van der Waals surface area contributed by atoms with Crippen molar-refractivity contribution in [2.24, 2.45) is 0 Å². The Hall–Kier alpha value is -3.39. The van der Waals surface area contributed by atoms with Gasteiger partial charge in [-0.2, -0.15) is 0 Å². The zero-order chi connectivity index (χ0) is 20.0. The Morgan fingerprint density at radius 2 is 2.03 bits per heavy atom. The van der Waals surface area contributed by atoms with Crippen LogP contribution in [0.4, 0.5) is 15.8 Å². The summed E-state index contributed by atoms with van der Waals surface area (Å²) in [5.41, 5.74) is 3.74. The van der Waals surface area contributed by atoms with Crippen molar-refractivity contribution < 1.29 is 9.18 Å². The fraction of sp³-hybridized carbons (Fsp3) is 0.238. The standard InChI is InChI=1S/C21H21FN6O/c1-13-11-28-12-14(10-17(22)20(28)25-13)26-21(29)16-2-3-18(15-4-5-24-19(15)16)27-8-6-23-7-9-27/h2-5,10-12,23-24H,6-9H2,1H3,(H,26,29). The number of pyridine rings is 1. The summed E-state index contributed by atoms with van der Waals surface area (Å²) in [6, 6.07) is 7.09. The van der Waals surface area contributed by atoms with Gasteiger partial charge in [-0.05, 0) is 25.1 Å². The number of benzene rings is 1. The van der Waals surface area contributed by atoms with Gasteiger partial charge in [0.05, 0.1) is 22.5 Å². The van der Waals surface area contributed by atoms with Crippen LogP contribution in [0.1, 0.15) is 16.1 Å². The maximum atomic E-state index is 14.3. The lowest BCUT2D eigenvalue weighted by Gasteiger charge is -2.30. The highest BCUT2D eigenvalue weighted by molar-refractivity contribution is 6.14. The number of hydrogen-bond acceptors (Lipinski definition) is 4. The summed E-state index contributed by atoms with van der Waals surface area (Å²) in [4.78, 5) is 22.6. The van der Waals surface area contributed by atoms with E-state index in [1.165, 1.54) is 6.07 Å². The van der Waals surface area contributed by atoms with Gasteiger partial charge in [0.2, 0.25) is 0 Å². The number of aromatic nitrogens is 3. The van der Waals surface area contributed by atoms with Crippen LogP contribution in [0.15, 0.2) is 42.9 Å². The molecule has 4 heterocycles. The minimum atomic E-state index is -0.477. The van der Waals surface area contributed by atoms with E-state index in [-0.39, 0.29) is 11.6 Å². The molecule has 5 rings (SSSR count). The van der Waals surface area contributed by atoms with Crippen LogP contribution in [0.25, 0.3) is 16.6 Å². The number of carbonyl (C=O) groups excluding carboxylic acids is 1. The van der Waals surface area contributed by atoms with E-state index in [9.17, 15) is 9.18 Å². The van der Waals surface area contributed by atoms with Crippen LogP contribution in [0.3, 0.4) is 0 Å². The fourth-order valence-electron chi connectivity index (χ4n) is 3.96. The van der Waals surface area contributed by atoms with E-state index < -0.39 is 5.82 Å². The number of aryl methyl sites for hydroxylation is 1. The zero-order valence-corrected chi connectivity index (χ0v) is 16.0. The van der Waals surface area contributed by atoms with Gasteiger partial charge in [0, 0.05) is 61.9 Å². The number of anilines is 2. The number of amides is 1. The summed E-state index contributed by atoms with van der Waals surface area (Å²) in [6.07, 6.45) is 5.23. The van der Waals surface area contributed by atoms with Crippen molar-refractivity contribution in [3.8, 4) is 0 Å². The van der Waals surface area contributed by atoms with E-state index in [0.29, 0.717) is 16.9 Å². The molecular formula is C21H21FN6O. The highest BCUT2D eigenvalue weighted by atomic mass is 19.1. The quantitative estimate of drug-likeness (QED) is 0.501. The number of piperazine rings is 1. The van der Waals surface area contributed by atoms with Crippen LogP contribution in [-0.2, 0) is 0 Å². The molecule has 148 valence electrons. The number of hydrogen-bond donors (Lipinski definition) is 3. The second kappa shape index (κ2) is 6.89. The SMILES string of the molecule is Cc1cn2cc(NC(=O)c3ccc(N4CCNCC4)c4cc[nH]c34)cc(F)c2n1. The molecule has 7 nitrogen and oxygen atoms in total. The van der Waals surface area contributed by atoms with Crippen molar-refractivity contribution in [2.45, 2.75) is 6.92 Å². The molecule has 0 bridgehead atoms. The van der Waals surface area contributed by atoms with E-state index in [4.69, 9.17) is 0 Å². The van der Waals surface area contributed by atoms with Crippen molar-refractivity contribution in [1.29, 1.82) is 0 Å². The van der Waals surface area contributed by atoms with Gasteiger partial charge in [-0.3, -0.25) is 4.79 Å². The normalized spacial score (nSPS) is 14.6. The topological polar surface area (TPSA) is 77.5 Å². The van der Waals surface area contributed by atoms with Crippen LogP contribution >= 0.6 is 0 Å². The largest absolute Gasteiger partial charge is 0.368 e. The highest BCUT2D eigenvalue weighted by Crippen LogP contribution is 2.30. The van der Waals surface area contributed by atoms with Crippen molar-refractivity contribution in [1.82, 2.24) is 19.7 Å². The number of halogens is 1. The van der Waals surface area contributed by atoms with Crippen LogP contribution in [0.2, 0.25) is 0 Å². The molecule has 8 heteroatoms. The summed E-state index contributed by atoms with van der Waals surface area (Å²) in [5.74, 6) is -0.769. The minimum absolute atomic E-state index is 0.243. The number of fused-ring (bicyclic) bond motifs is 2. The predicted octanol–water partition coefficient (Wildman–Crippen LogP) is 2.93. The molecule has 29 heavy (non-hydrogen) atoms. The van der Waals surface area contributed by atoms with Crippen molar-refractivity contribution in [3.05, 3.63) is 59.9 Å². The molecule has 0 aliphatic carbocycles. The van der Waals surface area contributed by atoms with Gasteiger partial charge in [0.15, 0.2) is 11.5 Å². The third kappa shape index (κ3) is 3.11. The number of carbonyl (C=O) groups is 1. The third-order valence-corrected chi connectivity index (χ3v) is 5.29. The molecule has 0 radical (unpaired) electrons. The van der Waals surface area contributed by atoms with Crippen molar-refractivity contribution in [2.75, 3.05) is 36.4 Å². The first-order valence-corrected chi connectivity index (χ1v) is 9.62. The van der Waals surface area contributed by atoms with E-state index in [0.717, 1.165) is 42.8 Å². The van der Waals surface area contributed by atoms with Crippen LogP contribution in [0.5, 0.6) is 0 Å². The first-order valence-electron chi connectivity index (χ1n) is 9.62. The van der Waals surface area contributed by atoms with Crippen LogP contribution in [-0.4, -0.2) is 46.5 Å². The number of nitrogens with zero attached hydrogens (tertiary/aromatic N) is 3. The van der Waals surface area contributed by atoms with E-state index in [2.05, 4.69) is 25.5 Å². The predicted molar refractivity (Wildman–Crippen MR) is 111 cm³/mol. The molecular weight excluding hydrogens is 371 g/mol. The minimum Gasteiger partial charge on any atom is -0.368 e. The van der Waals surface area contributed by atoms with Gasteiger partial charge >= 0.3 is 0 Å². The van der Waals surface area contributed by atoms with E-state index in [1.807, 2.05) is 24.4 Å².